The average molecular weight is 303 g/mol. The monoisotopic (exact) mass is 303 g/mol. The number of thiocarbonyl (C=S) groups is 1. The van der Waals surface area contributed by atoms with Gasteiger partial charge in [-0.2, -0.15) is 0 Å². The Labute approximate surface area is 116 Å². The van der Waals surface area contributed by atoms with Crippen LogP contribution in [-0.4, -0.2) is 26.6 Å². The minimum atomic E-state index is -3.61. The summed E-state index contributed by atoms with van der Waals surface area (Å²) in [6, 6.07) is 6.01. The Bertz CT molecular complexity index is 569. The van der Waals surface area contributed by atoms with E-state index in [1.54, 1.807) is 0 Å². The van der Waals surface area contributed by atoms with Crippen molar-refractivity contribution >= 4 is 33.3 Å². The summed E-state index contributed by atoms with van der Waals surface area (Å²) >= 11 is 4.48. The van der Waals surface area contributed by atoms with E-state index in [0.717, 1.165) is 0 Å². The van der Waals surface area contributed by atoms with E-state index >= 15 is 0 Å². The molecule has 4 N–H and O–H groups in total. The van der Waals surface area contributed by atoms with Crippen molar-refractivity contribution in [3.63, 3.8) is 0 Å². The van der Waals surface area contributed by atoms with Crippen molar-refractivity contribution in [2.45, 2.75) is 5.75 Å². The highest BCUT2D eigenvalue weighted by Crippen LogP contribution is 2.08. The number of carbonyl (C=O) groups excluding carboxylic acids is 1. The Balaban J connectivity index is 2.72. The predicted molar refractivity (Wildman–Crippen MR) is 73.5 cm³/mol. The van der Waals surface area contributed by atoms with Crippen LogP contribution in [0.4, 0.5) is 0 Å². The van der Waals surface area contributed by atoms with Gasteiger partial charge in [-0.25, -0.2) is 13.2 Å². The maximum atomic E-state index is 11.6. The number of methoxy groups -OCH3 is 1. The van der Waals surface area contributed by atoms with Crippen LogP contribution in [-0.2, 0) is 20.5 Å². The van der Waals surface area contributed by atoms with Crippen LogP contribution in [0.5, 0.6) is 0 Å². The number of benzene rings is 1. The first-order valence-electron chi connectivity index (χ1n) is 5.06. The number of sulfonamides is 1. The quantitative estimate of drug-likeness (QED) is 0.387. The van der Waals surface area contributed by atoms with Crippen LogP contribution >= 0.6 is 12.2 Å². The maximum Gasteiger partial charge on any atom is 0.337 e. The number of rotatable bonds is 5. The second-order valence-electron chi connectivity index (χ2n) is 3.54. The van der Waals surface area contributed by atoms with Crippen LogP contribution in [0.25, 0.3) is 0 Å². The van der Waals surface area contributed by atoms with Gasteiger partial charge in [0.15, 0.2) is 5.11 Å². The van der Waals surface area contributed by atoms with Crippen LogP contribution in [0, 0.1) is 0 Å². The number of nitrogens with two attached hydrogens (primary N) is 1. The highest BCUT2D eigenvalue weighted by molar-refractivity contribution is 7.88. The van der Waals surface area contributed by atoms with Gasteiger partial charge in [0.1, 0.15) is 0 Å². The minimum Gasteiger partial charge on any atom is -0.465 e. The Hall–Kier alpha value is -1.71. The summed E-state index contributed by atoms with van der Waals surface area (Å²) in [6.45, 7) is 0. The molecule has 19 heavy (non-hydrogen) atoms. The van der Waals surface area contributed by atoms with Crippen LogP contribution in [0.15, 0.2) is 24.3 Å². The smallest absolute Gasteiger partial charge is 0.337 e. The molecule has 0 atom stereocenters. The number of carbonyl (C=O) groups is 1. The van der Waals surface area contributed by atoms with E-state index < -0.39 is 16.0 Å². The number of hydrazine groups is 1. The molecule has 9 heteroatoms. The lowest BCUT2D eigenvalue weighted by molar-refractivity contribution is 0.0600. The summed E-state index contributed by atoms with van der Waals surface area (Å²) in [5.41, 5.74) is 8.10. The molecule has 0 aromatic heterocycles. The number of hydrogen-bond acceptors (Lipinski definition) is 5. The standard InChI is InChI=1S/C10H13N3O4S2/c1-17-9(14)8-4-2-7(3-5-8)6-19(15,16)13-12-10(11)18/h2-5,13H,6H2,1H3,(H3,11,12,18). The normalized spacial score (nSPS) is 10.8. The van der Waals surface area contributed by atoms with Gasteiger partial charge in [-0.3, -0.25) is 5.43 Å². The van der Waals surface area contributed by atoms with Crippen LogP contribution in [0.3, 0.4) is 0 Å². The second-order valence-corrected chi connectivity index (χ2v) is 5.70. The zero-order chi connectivity index (χ0) is 14.5. The molecule has 1 aromatic carbocycles. The molecule has 0 heterocycles. The van der Waals surface area contributed by atoms with Crippen molar-refractivity contribution in [2.75, 3.05) is 7.11 Å². The van der Waals surface area contributed by atoms with Crippen molar-refractivity contribution in [2.24, 2.45) is 5.73 Å². The van der Waals surface area contributed by atoms with Crippen molar-refractivity contribution < 1.29 is 17.9 Å². The molecule has 0 amide bonds. The molecule has 0 saturated heterocycles. The molecule has 0 bridgehead atoms. The lowest BCUT2D eigenvalue weighted by Gasteiger charge is -2.08. The number of nitrogens with one attached hydrogen (secondary N) is 2. The van der Waals surface area contributed by atoms with Gasteiger partial charge in [-0.15, -0.1) is 4.83 Å². The fraction of sp³-hybridized carbons (Fsp3) is 0.200. The molecule has 0 aliphatic carbocycles. The second kappa shape index (κ2) is 6.45. The van der Waals surface area contributed by atoms with Gasteiger partial charge >= 0.3 is 5.97 Å². The van der Waals surface area contributed by atoms with Gasteiger partial charge in [-0.1, -0.05) is 12.1 Å². The van der Waals surface area contributed by atoms with E-state index in [-0.39, 0.29) is 10.9 Å². The van der Waals surface area contributed by atoms with Crippen molar-refractivity contribution in [3.8, 4) is 0 Å². The van der Waals surface area contributed by atoms with Crippen LogP contribution < -0.4 is 16.0 Å². The van der Waals surface area contributed by atoms with E-state index in [4.69, 9.17) is 5.73 Å². The highest BCUT2D eigenvalue weighted by Gasteiger charge is 2.12. The molecular formula is C10H13N3O4S2. The molecule has 0 fully saturated rings. The van der Waals surface area contributed by atoms with Gasteiger partial charge < -0.3 is 10.5 Å². The third-order valence-corrected chi connectivity index (χ3v) is 3.29. The zero-order valence-corrected chi connectivity index (χ0v) is 11.7. The molecular weight excluding hydrogens is 290 g/mol. The van der Waals surface area contributed by atoms with Crippen LogP contribution in [0.2, 0.25) is 0 Å². The minimum absolute atomic E-state index is 0.176. The fourth-order valence-corrected chi connectivity index (χ4v) is 2.32. The fourth-order valence-electron chi connectivity index (χ4n) is 1.24. The zero-order valence-electron chi connectivity index (χ0n) is 10.0. The number of esters is 1. The highest BCUT2D eigenvalue weighted by atomic mass is 32.2. The SMILES string of the molecule is COC(=O)c1ccc(CS(=O)(=O)NNC(N)=S)cc1. The summed E-state index contributed by atoms with van der Waals surface area (Å²) in [6.07, 6.45) is 0. The third-order valence-electron chi connectivity index (χ3n) is 2.06. The summed E-state index contributed by atoms with van der Waals surface area (Å²) in [7, 11) is -2.34. The van der Waals surface area contributed by atoms with E-state index in [0.29, 0.717) is 11.1 Å². The molecule has 0 aliphatic rings. The molecule has 0 radical (unpaired) electrons. The third kappa shape index (κ3) is 5.20. The van der Waals surface area contributed by atoms with Gasteiger partial charge in [-0.05, 0) is 29.9 Å². The summed E-state index contributed by atoms with van der Waals surface area (Å²) in [5, 5.41) is -0.176. The molecule has 0 saturated carbocycles. The molecule has 1 aromatic rings. The molecule has 0 aliphatic heterocycles. The number of ether oxygens (including phenoxy) is 1. The average Bonchev–Trinajstić information content (AvgIpc) is 2.36. The summed E-state index contributed by atoms with van der Waals surface area (Å²) in [4.78, 5) is 13.2. The summed E-state index contributed by atoms with van der Waals surface area (Å²) < 4.78 is 27.7. The molecule has 1 rings (SSSR count). The first-order chi connectivity index (χ1) is 8.84. The topological polar surface area (TPSA) is 111 Å². The van der Waals surface area contributed by atoms with E-state index in [1.165, 1.54) is 31.4 Å². The van der Waals surface area contributed by atoms with Gasteiger partial charge in [0, 0.05) is 0 Å². The molecule has 0 spiro atoms. The molecule has 104 valence electrons. The Morgan fingerprint density at radius 1 is 1.37 bits per heavy atom. The maximum absolute atomic E-state index is 11.6. The largest absolute Gasteiger partial charge is 0.465 e. The van der Waals surface area contributed by atoms with E-state index in [1.807, 2.05) is 4.83 Å². The van der Waals surface area contributed by atoms with Gasteiger partial charge in [0.05, 0.1) is 18.4 Å². The van der Waals surface area contributed by atoms with Gasteiger partial charge in [0.2, 0.25) is 10.0 Å². The van der Waals surface area contributed by atoms with E-state index in [9.17, 15) is 13.2 Å². The molecule has 0 unspecified atom stereocenters. The Morgan fingerprint density at radius 3 is 2.42 bits per heavy atom. The van der Waals surface area contributed by atoms with Crippen molar-refractivity contribution in [1.82, 2.24) is 10.3 Å². The molecule has 7 nitrogen and oxygen atoms in total. The predicted octanol–water partition coefficient (Wildman–Crippen LogP) is -0.359. The first-order valence-corrected chi connectivity index (χ1v) is 7.12. The van der Waals surface area contributed by atoms with Crippen molar-refractivity contribution in [1.29, 1.82) is 0 Å². The Kier molecular flexibility index (Phi) is 5.21. The Morgan fingerprint density at radius 2 is 1.95 bits per heavy atom. The van der Waals surface area contributed by atoms with Crippen molar-refractivity contribution in [3.05, 3.63) is 35.4 Å². The lowest BCUT2D eigenvalue weighted by Crippen LogP contribution is -2.44. The summed E-state index contributed by atoms with van der Waals surface area (Å²) in [5.74, 6) is -0.757. The van der Waals surface area contributed by atoms with E-state index in [2.05, 4.69) is 22.4 Å². The number of hydrogen-bond donors (Lipinski definition) is 3. The van der Waals surface area contributed by atoms with Gasteiger partial charge in [0.25, 0.3) is 0 Å². The lowest BCUT2D eigenvalue weighted by atomic mass is 10.1. The first kappa shape index (κ1) is 15.3. The van der Waals surface area contributed by atoms with Crippen LogP contribution in [0.1, 0.15) is 15.9 Å².